The highest BCUT2D eigenvalue weighted by Crippen LogP contribution is 2.11. The predicted molar refractivity (Wildman–Crippen MR) is 111 cm³/mol. The third kappa shape index (κ3) is 6.33. The fourth-order valence-electron chi connectivity index (χ4n) is 3.38. The number of halogens is 2. The first kappa shape index (κ1) is 21.9. The molecule has 0 radical (unpaired) electrons. The van der Waals surface area contributed by atoms with Gasteiger partial charge >= 0.3 is 0 Å². The summed E-state index contributed by atoms with van der Waals surface area (Å²) in [6.45, 7) is 5.07. The van der Waals surface area contributed by atoms with Gasteiger partial charge in [0.1, 0.15) is 11.6 Å². The molecular formula is C22H26F2N4O2. The monoisotopic (exact) mass is 416 g/mol. The number of anilines is 1. The van der Waals surface area contributed by atoms with Crippen LogP contribution in [0.1, 0.15) is 12.5 Å². The molecule has 1 fully saturated rings. The molecule has 2 N–H and O–H groups in total. The maximum atomic E-state index is 13.2. The summed E-state index contributed by atoms with van der Waals surface area (Å²) < 4.78 is 26.2. The van der Waals surface area contributed by atoms with Crippen molar-refractivity contribution >= 4 is 17.5 Å². The van der Waals surface area contributed by atoms with Gasteiger partial charge in [-0.1, -0.05) is 18.2 Å². The normalized spacial score (nSPS) is 16.1. The van der Waals surface area contributed by atoms with Crippen LogP contribution >= 0.6 is 0 Å². The van der Waals surface area contributed by atoms with E-state index in [1.165, 1.54) is 24.3 Å². The smallest absolute Gasteiger partial charge is 0.238 e. The van der Waals surface area contributed by atoms with Crippen molar-refractivity contribution in [1.29, 1.82) is 0 Å². The summed E-state index contributed by atoms with van der Waals surface area (Å²) in [7, 11) is 0. The fourth-order valence-corrected chi connectivity index (χ4v) is 3.38. The second kappa shape index (κ2) is 10.3. The minimum absolute atomic E-state index is 0.0865. The lowest BCUT2D eigenvalue weighted by molar-refractivity contribution is -0.127. The molecule has 0 bridgehead atoms. The Bertz CT molecular complexity index is 868. The topological polar surface area (TPSA) is 64.7 Å². The molecule has 2 amide bonds. The fraction of sp³-hybridized carbons (Fsp3) is 0.364. The molecule has 1 heterocycles. The molecule has 160 valence electrons. The zero-order valence-corrected chi connectivity index (χ0v) is 16.9. The Hall–Kier alpha value is -2.84. The molecule has 2 aromatic carbocycles. The van der Waals surface area contributed by atoms with Crippen LogP contribution in [-0.2, 0) is 16.1 Å². The summed E-state index contributed by atoms with van der Waals surface area (Å²) >= 11 is 0. The lowest BCUT2D eigenvalue weighted by Crippen LogP contribution is -2.54. The number of nitrogens with zero attached hydrogens (tertiary/aromatic N) is 2. The zero-order chi connectivity index (χ0) is 21.5. The lowest BCUT2D eigenvalue weighted by atomic mass is 10.2. The Kier molecular flexibility index (Phi) is 7.48. The van der Waals surface area contributed by atoms with E-state index in [-0.39, 0.29) is 30.2 Å². The molecule has 1 atom stereocenters. The number of carbonyl (C=O) groups excluding carboxylic acids is 2. The van der Waals surface area contributed by atoms with Gasteiger partial charge in [0, 0.05) is 38.4 Å². The van der Waals surface area contributed by atoms with Crippen molar-refractivity contribution in [2.24, 2.45) is 0 Å². The minimum Gasteiger partial charge on any atom is -0.351 e. The van der Waals surface area contributed by atoms with E-state index in [9.17, 15) is 18.4 Å². The van der Waals surface area contributed by atoms with E-state index in [2.05, 4.69) is 15.5 Å². The van der Waals surface area contributed by atoms with Gasteiger partial charge in [-0.2, -0.15) is 0 Å². The highest BCUT2D eigenvalue weighted by molar-refractivity contribution is 5.92. The first-order chi connectivity index (χ1) is 14.4. The van der Waals surface area contributed by atoms with Gasteiger partial charge < -0.3 is 10.6 Å². The third-order valence-corrected chi connectivity index (χ3v) is 5.19. The quantitative estimate of drug-likeness (QED) is 0.727. The van der Waals surface area contributed by atoms with E-state index in [0.717, 1.165) is 5.56 Å². The van der Waals surface area contributed by atoms with Gasteiger partial charge in [-0.25, -0.2) is 8.78 Å². The van der Waals surface area contributed by atoms with Gasteiger partial charge in [-0.3, -0.25) is 19.4 Å². The number of piperazine rings is 1. The molecule has 0 aliphatic carbocycles. The van der Waals surface area contributed by atoms with Crippen LogP contribution in [0.4, 0.5) is 14.5 Å². The van der Waals surface area contributed by atoms with Crippen molar-refractivity contribution in [3.63, 3.8) is 0 Å². The Balaban J connectivity index is 1.40. The number of hydrogen-bond donors (Lipinski definition) is 2. The Morgan fingerprint density at radius 2 is 1.70 bits per heavy atom. The van der Waals surface area contributed by atoms with E-state index < -0.39 is 5.82 Å². The molecule has 1 saturated heterocycles. The molecule has 0 aromatic heterocycles. The average Bonchev–Trinajstić information content (AvgIpc) is 2.73. The van der Waals surface area contributed by atoms with Gasteiger partial charge in [-0.15, -0.1) is 0 Å². The number of nitrogens with one attached hydrogen (secondary N) is 2. The van der Waals surface area contributed by atoms with Crippen molar-refractivity contribution in [1.82, 2.24) is 15.1 Å². The van der Waals surface area contributed by atoms with Gasteiger partial charge in [0.05, 0.1) is 12.6 Å². The maximum Gasteiger partial charge on any atom is 0.238 e. The van der Waals surface area contributed by atoms with E-state index in [1.807, 2.05) is 11.8 Å². The summed E-state index contributed by atoms with van der Waals surface area (Å²) in [5, 5.41) is 5.58. The number of hydrogen-bond acceptors (Lipinski definition) is 4. The molecule has 3 rings (SSSR count). The minimum atomic E-state index is -0.395. The zero-order valence-electron chi connectivity index (χ0n) is 16.9. The summed E-state index contributed by atoms with van der Waals surface area (Å²) in [6, 6.07) is 11.5. The molecule has 30 heavy (non-hydrogen) atoms. The van der Waals surface area contributed by atoms with Crippen LogP contribution in [0.2, 0.25) is 0 Å². The lowest BCUT2D eigenvalue weighted by Gasteiger charge is -2.37. The van der Waals surface area contributed by atoms with Crippen LogP contribution in [0.15, 0.2) is 48.5 Å². The summed E-state index contributed by atoms with van der Waals surface area (Å²) in [6.07, 6.45) is 0. The van der Waals surface area contributed by atoms with E-state index >= 15 is 0 Å². The molecule has 0 saturated carbocycles. The van der Waals surface area contributed by atoms with Crippen molar-refractivity contribution < 1.29 is 18.4 Å². The van der Waals surface area contributed by atoms with E-state index in [1.54, 1.807) is 24.3 Å². The van der Waals surface area contributed by atoms with Crippen molar-refractivity contribution in [3.8, 4) is 0 Å². The summed E-state index contributed by atoms with van der Waals surface area (Å²) in [5.74, 6) is -0.982. The standard InChI is InChI=1S/C22H26F2N4O2/c1-16(22(30)25-14-17-5-7-18(23)8-6-17)28-11-9-27(10-12-28)15-21(29)26-20-4-2-3-19(24)13-20/h2-8,13,16H,9-12,14-15H2,1H3,(H,25,30)(H,26,29)/t16-/m1/s1. The van der Waals surface area contributed by atoms with Crippen molar-refractivity contribution in [2.45, 2.75) is 19.5 Å². The van der Waals surface area contributed by atoms with Crippen molar-refractivity contribution in [3.05, 3.63) is 65.7 Å². The van der Waals surface area contributed by atoms with Gasteiger partial charge in [-0.05, 0) is 42.8 Å². The van der Waals surface area contributed by atoms with Crippen LogP contribution in [0.3, 0.4) is 0 Å². The molecule has 6 nitrogen and oxygen atoms in total. The Morgan fingerprint density at radius 3 is 2.37 bits per heavy atom. The van der Waals surface area contributed by atoms with Gasteiger partial charge in [0.2, 0.25) is 11.8 Å². The van der Waals surface area contributed by atoms with E-state index in [0.29, 0.717) is 38.4 Å². The van der Waals surface area contributed by atoms with E-state index in [4.69, 9.17) is 0 Å². The summed E-state index contributed by atoms with van der Waals surface area (Å²) in [4.78, 5) is 28.7. The second-order valence-electron chi connectivity index (χ2n) is 7.39. The molecule has 1 aliphatic heterocycles. The second-order valence-corrected chi connectivity index (χ2v) is 7.39. The van der Waals surface area contributed by atoms with Crippen LogP contribution in [0.25, 0.3) is 0 Å². The van der Waals surface area contributed by atoms with Gasteiger partial charge in [0.15, 0.2) is 0 Å². The third-order valence-electron chi connectivity index (χ3n) is 5.19. The molecule has 1 aliphatic rings. The Morgan fingerprint density at radius 1 is 1.00 bits per heavy atom. The Labute approximate surface area is 174 Å². The van der Waals surface area contributed by atoms with Gasteiger partial charge in [0.25, 0.3) is 0 Å². The predicted octanol–water partition coefficient (Wildman–Crippen LogP) is 2.23. The highest BCUT2D eigenvalue weighted by Gasteiger charge is 2.26. The van der Waals surface area contributed by atoms with Crippen molar-refractivity contribution in [2.75, 3.05) is 38.0 Å². The van der Waals surface area contributed by atoms with Crippen LogP contribution in [-0.4, -0.2) is 60.4 Å². The molecule has 2 aromatic rings. The number of rotatable bonds is 7. The maximum absolute atomic E-state index is 13.2. The largest absolute Gasteiger partial charge is 0.351 e. The molecule has 0 spiro atoms. The SMILES string of the molecule is C[C@H](C(=O)NCc1ccc(F)cc1)N1CCN(CC(=O)Nc2cccc(F)c2)CC1. The number of amides is 2. The first-order valence-electron chi connectivity index (χ1n) is 9.94. The first-order valence-corrected chi connectivity index (χ1v) is 9.94. The van der Waals surface area contributed by atoms with Crippen LogP contribution in [0, 0.1) is 11.6 Å². The number of carbonyl (C=O) groups is 2. The number of benzene rings is 2. The molecule has 0 unspecified atom stereocenters. The van der Waals surface area contributed by atoms with Crippen LogP contribution in [0.5, 0.6) is 0 Å². The highest BCUT2D eigenvalue weighted by atomic mass is 19.1. The summed E-state index contributed by atoms with van der Waals surface area (Å²) in [5.41, 5.74) is 1.27. The molecule has 8 heteroatoms. The molecular weight excluding hydrogens is 390 g/mol. The van der Waals surface area contributed by atoms with Crippen LogP contribution < -0.4 is 10.6 Å². The average molecular weight is 416 g/mol.